The summed E-state index contributed by atoms with van der Waals surface area (Å²) in [5.41, 5.74) is 1.58. The Balaban J connectivity index is 2.28. The number of esters is 1. The molecule has 0 aliphatic rings. The number of benzene rings is 2. The van der Waals surface area contributed by atoms with Crippen LogP contribution in [-0.2, 0) is 4.74 Å². The number of ether oxygens (including phenoxy) is 1. The van der Waals surface area contributed by atoms with Gasteiger partial charge in [-0.05, 0) is 31.2 Å². The van der Waals surface area contributed by atoms with Gasteiger partial charge in [-0.2, -0.15) is 0 Å². The van der Waals surface area contributed by atoms with E-state index in [1.165, 1.54) is 19.2 Å². The van der Waals surface area contributed by atoms with E-state index in [0.29, 0.717) is 5.56 Å². The van der Waals surface area contributed by atoms with Crippen LogP contribution in [0.3, 0.4) is 0 Å². The van der Waals surface area contributed by atoms with Gasteiger partial charge in [0.15, 0.2) is 5.75 Å². The first-order chi connectivity index (χ1) is 10.0. The zero-order chi connectivity index (χ0) is 15.4. The van der Waals surface area contributed by atoms with E-state index in [1.54, 1.807) is 24.3 Å². The van der Waals surface area contributed by atoms with Crippen LogP contribution >= 0.6 is 0 Å². The summed E-state index contributed by atoms with van der Waals surface area (Å²) in [6, 6.07) is 11.5. The highest BCUT2D eigenvalue weighted by molar-refractivity contribution is 6.06. The van der Waals surface area contributed by atoms with Crippen molar-refractivity contribution in [1.82, 2.24) is 0 Å². The van der Waals surface area contributed by atoms with Gasteiger partial charge in [0.1, 0.15) is 5.56 Å². The van der Waals surface area contributed by atoms with Crippen LogP contribution in [0.15, 0.2) is 42.5 Å². The Hall–Kier alpha value is -2.82. The third-order valence-electron chi connectivity index (χ3n) is 2.97. The fourth-order valence-electron chi connectivity index (χ4n) is 1.90. The van der Waals surface area contributed by atoms with Gasteiger partial charge >= 0.3 is 5.97 Å². The molecule has 0 atom stereocenters. The van der Waals surface area contributed by atoms with Crippen LogP contribution in [0.25, 0.3) is 0 Å². The van der Waals surface area contributed by atoms with Crippen LogP contribution in [-0.4, -0.2) is 24.1 Å². The quantitative estimate of drug-likeness (QED) is 0.671. The lowest BCUT2D eigenvalue weighted by atomic mass is 10.1. The van der Waals surface area contributed by atoms with Crippen LogP contribution in [0.1, 0.15) is 26.3 Å². The molecule has 0 aliphatic heterocycles. The minimum atomic E-state index is -0.667. The van der Waals surface area contributed by atoms with Gasteiger partial charge in [-0.1, -0.05) is 23.8 Å². The highest BCUT2D eigenvalue weighted by atomic mass is 16.5. The first kappa shape index (κ1) is 14.6. The fraction of sp³-hybridized carbons (Fsp3) is 0.125. The molecule has 21 heavy (non-hydrogen) atoms. The molecule has 0 bridgehead atoms. The Morgan fingerprint density at radius 2 is 1.86 bits per heavy atom. The van der Waals surface area contributed by atoms with Crippen molar-refractivity contribution in [2.45, 2.75) is 6.92 Å². The Morgan fingerprint density at radius 1 is 1.14 bits per heavy atom. The second-order valence-corrected chi connectivity index (χ2v) is 4.52. The molecule has 0 radical (unpaired) electrons. The average molecular weight is 285 g/mol. The van der Waals surface area contributed by atoms with E-state index >= 15 is 0 Å². The number of nitrogens with one attached hydrogen (secondary N) is 1. The number of carbonyl (C=O) groups is 2. The summed E-state index contributed by atoms with van der Waals surface area (Å²) in [5, 5.41) is 12.6. The molecule has 0 aromatic heterocycles. The minimum absolute atomic E-state index is 0.000424. The third-order valence-corrected chi connectivity index (χ3v) is 2.97. The number of rotatable bonds is 3. The average Bonchev–Trinajstić information content (AvgIpc) is 2.48. The fourth-order valence-corrected chi connectivity index (χ4v) is 1.90. The number of carbonyl (C=O) groups excluding carboxylic acids is 2. The number of hydrogen-bond acceptors (Lipinski definition) is 4. The maximum Gasteiger partial charge on any atom is 0.341 e. The predicted molar refractivity (Wildman–Crippen MR) is 78.6 cm³/mol. The van der Waals surface area contributed by atoms with Crippen molar-refractivity contribution in [3.63, 3.8) is 0 Å². The van der Waals surface area contributed by atoms with Crippen LogP contribution < -0.4 is 5.32 Å². The molecule has 2 N–H and O–H groups in total. The maximum absolute atomic E-state index is 12.1. The molecule has 2 aromatic rings. The van der Waals surface area contributed by atoms with Gasteiger partial charge in [0.05, 0.1) is 12.8 Å². The van der Waals surface area contributed by atoms with E-state index in [1.807, 2.05) is 13.0 Å². The van der Waals surface area contributed by atoms with Crippen LogP contribution in [0, 0.1) is 6.92 Å². The Labute approximate surface area is 122 Å². The summed E-state index contributed by atoms with van der Waals surface area (Å²) in [6.45, 7) is 1.88. The molecule has 0 heterocycles. The SMILES string of the molecule is COC(=O)c1cccc(NC(=O)c2cccc(C)c2)c1O. The van der Waals surface area contributed by atoms with Crippen molar-refractivity contribution in [3.8, 4) is 5.75 Å². The van der Waals surface area contributed by atoms with Crippen LogP contribution in [0.2, 0.25) is 0 Å². The lowest BCUT2D eigenvalue weighted by Gasteiger charge is -2.10. The third kappa shape index (κ3) is 3.20. The van der Waals surface area contributed by atoms with E-state index in [4.69, 9.17) is 0 Å². The normalized spacial score (nSPS) is 10.0. The first-order valence-electron chi connectivity index (χ1n) is 6.31. The lowest BCUT2D eigenvalue weighted by molar-refractivity contribution is 0.0597. The van der Waals surface area contributed by atoms with E-state index in [2.05, 4.69) is 10.1 Å². The highest BCUT2D eigenvalue weighted by Crippen LogP contribution is 2.28. The van der Waals surface area contributed by atoms with E-state index in [-0.39, 0.29) is 22.9 Å². The minimum Gasteiger partial charge on any atom is -0.505 e. The maximum atomic E-state index is 12.1. The van der Waals surface area contributed by atoms with Gasteiger partial charge < -0.3 is 15.2 Å². The number of phenolic OH excluding ortho intramolecular Hbond substituents is 1. The zero-order valence-electron chi connectivity index (χ0n) is 11.7. The van der Waals surface area contributed by atoms with Gasteiger partial charge in [0.2, 0.25) is 0 Å². The molecule has 0 fully saturated rings. The molecule has 0 saturated heterocycles. The molecule has 1 amide bonds. The number of para-hydroxylation sites is 1. The first-order valence-corrected chi connectivity index (χ1v) is 6.31. The highest BCUT2D eigenvalue weighted by Gasteiger charge is 2.16. The summed E-state index contributed by atoms with van der Waals surface area (Å²) in [6.07, 6.45) is 0. The number of aromatic hydroxyl groups is 1. The van der Waals surface area contributed by atoms with Crippen molar-refractivity contribution in [2.75, 3.05) is 12.4 Å². The van der Waals surface area contributed by atoms with E-state index in [0.717, 1.165) is 5.56 Å². The van der Waals surface area contributed by atoms with Crippen LogP contribution in [0.4, 0.5) is 5.69 Å². The molecule has 0 spiro atoms. The second-order valence-electron chi connectivity index (χ2n) is 4.52. The van der Waals surface area contributed by atoms with Crippen molar-refractivity contribution in [2.24, 2.45) is 0 Å². The largest absolute Gasteiger partial charge is 0.505 e. The van der Waals surface area contributed by atoms with Gasteiger partial charge in [-0.25, -0.2) is 4.79 Å². The molecule has 5 nitrogen and oxygen atoms in total. The molecular formula is C16H15NO4. The number of methoxy groups -OCH3 is 1. The van der Waals surface area contributed by atoms with Gasteiger partial charge in [0, 0.05) is 5.56 Å². The Bertz CT molecular complexity index is 694. The molecule has 108 valence electrons. The van der Waals surface area contributed by atoms with Gasteiger partial charge in [-0.15, -0.1) is 0 Å². The standard InChI is InChI=1S/C16H15NO4/c1-10-5-3-6-11(9-10)15(19)17-13-8-4-7-12(14(13)18)16(20)21-2/h3-9,18H,1-2H3,(H,17,19). The molecular weight excluding hydrogens is 270 g/mol. The second kappa shape index (κ2) is 6.09. The van der Waals surface area contributed by atoms with Crippen molar-refractivity contribution < 1.29 is 19.4 Å². The summed E-state index contributed by atoms with van der Waals surface area (Å²) >= 11 is 0. The summed E-state index contributed by atoms with van der Waals surface area (Å²) in [7, 11) is 1.22. The topological polar surface area (TPSA) is 75.6 Å². The molecule has 2 rings (SSSR count). The number of anilines is 1. The number of hydrogen-bond donors (Lipinski definition) is 2. The van der Waals surface area contributed by atoms with E-state index in [9.17, 15) is 14.7 Å². The molecule has 2 aromatic carbocycles. The van der Waals surface area contributed by atoms with Crippen molar-refractivity contribution in [3.05, 3.63) is 59.2 Å². The molecule has 0 unspecified atom stereocenters. The van der Waals surface area contributed by atoms with Crippen LogP contribution in [0.5, 0.6) is 5.75 Å². The number of phenols is 1. The van der Waals surface area contributed by atoms with E-state index < -0.39 is 5.97 Å². The summed E-state index contributed by atoms with van der Waals surface area (Å²) < 4.78 is 4.57. The predicted octanol–water partition coefficient (Wildman–Crippen LogP) is 2.74. The monoisotopic (exact) mass is 285 g/mol. The smallest absolute Gasteiger partial charge is 0.341 e. The molecule has 5 heteroatoms. The number of amides is 1. The van der Waals surface area contributed by atoms with Crippen molar-refractivity contribution >= 4 is 17.6 Å². The zero-order valence-corrected chi connectivity index (χ0v) is 11.7. The molecule has 0 aliphatic carbocycles. The van der Waals surface area contributed by atoms with Gasteiger partial charge in [0.25, 0.3) is 5.91 Å². The van der Waals surface area contributed by atoms with Crippen molar-refractivity contribution in [1.29, 1.82) is 0 Å². The summed E-state index contributed by atoms with van der Waals surface area (Å²) in [5.74, 6) is -1.35. The number of aryl methyl sites for hydroxylation is 1. The van der Waals surface area contributed by atoms with Gasteiger partial charge in [-0.3, -0.25) is 4.79 Å². The lowest BCUT2D eigenvalue weighted by Crippen LogP contribution is -2.13. The molecule has 0 saturated carbocycles. The Morgan fingerprint density at radius 3 is 2.52 bits per heavy atom. The summed E-state index contributed by atoms with van der Waals surface area (Å²) in [4.78, 5) is 23.6. The Kier molecular flexibility index (Phi) is 4.23.